The Labute approximate surface area is 121 Å². The number of nitrogens with zero attached hydrogens (tertiary/aromatic N) is 1. The fraction of sp³-hybridized carbons (Fsp3) is 0.429. The van der Waals surface area contributed by atoms with E-state index in [1.54, 1.807) is 12.1 Å². The number of hydrogen-bond donors (Lipinski definition) is 1. The van der Waals surface area contributed by atoms with Gasteiger partial charge >= 0.3 is 5.97 Å². The van der Waals surface area contributed by atoms with Crippen molar-refractivity contribution in [1.29, 1.82) is 5.26 Å². The molecule has 0 aliphatic rings. The molecule has 0 unspecified atom stereocenters. The van der Waals surface area contributed by atoms with Crippen molar-refractivity contribution in [3.8, 4) is 6.07 Å². The highest BCUT2D eigenvalue weighted by Crippen LogP contribution is 2.20. The maximum absolute atomic E-state index is 11.5. The predicted octanol–water partition coefficient (Wildman–Crippen LogP) is 3.46. The fourth-order valence-electron chi connectivity index (χ4n) is 1.45. The van der Waals surface area contributed by atoms with E-state index in [2.05, 4.69) is 27.3 Å². The molecule has 0 aliphatic carbocycles. The van der Waals surface area contributed by atoms with Gasteiger partial charge in [-0.25, -0.2) is 0 Å². The number of halogens is 1. The van der Waals surface area contributed by atoms with Gasteiger partial charge in [-0.15, -0.1) is 0 Å². The van der Waals surface area contributed by atoms with Crippen molar-refractivity contribution in [3.05, 3.63) is 28.2 Å². The number of ether oxygens (including phenoxy) is 1. The van der Waals surface area contributed by atoms with Crippen molar-refractivity contribution in [2.24, 2.45) is 0 Å². The van der Waals surface area contributed by atoms with Crippen molar-refractivity contribution in [2.75, 3.05) is 11.9 Å². The molecule has 0 saturated carbocycles. The highest BCUT2D eigenvalue weighted by atomic mass is 79.9. The van der Waals surface area contributed by atoms with Gasteiger partial charge in [0.1, 0.15) is 11.7 Å². The highest BCUT2D eigenvalue weighted by Gasteiger charge is 2.15. The number of nitriles is 1. The molecule has 0 saturated heterocycles. The number of anilines is 1. The van der Waals surface area contributed by atoms with Gasteiger partial charge in [0.05, 0.1) is 17.7 Å². The van der Waals surface area contributed by atoms with E-state index >= 15 is 0 Å². The Bertz CT molecular complexity index is 501. The van der Waals surface area contributed by atoms with E-state index < -0.39 is 5.60 Å². The molecule has 0 amide bonds. The molecule has 0 heterocycles. The highest BCUT2D eigenvalue weighted by molar-refractivity contribution is 9.10. The Morgan fingerprint density at radius 2 is 2.16 bits per heavy atom. The van der Waals surface area contributed by atoms with Crippen molar-refractivity contribution in [1.82, 2.24) is 0 Å². The van der Waals surface area contributed by atoms with Crippen LogP contribution in [-0.2, 0) is 9.53 Å². The van der Waals surface area contributed by atoms with Crippen LogP contribution in [0.3, 0.4) is 0 Å². The van der Waals surface area contributed by atoms with Crippen molar-refractivity contribution in [3.63, 3.8) is 0 Å². The molecule has 0 spiro atoms. The Morgan fingerprint density at radius 1 is 1.47 bits per heavy atom. The zero-order valence-electron chi connectivity index (χ0n) is 11.3. The van der Waals surface area contributed by atoms with Crippen LogP contribution < -0.4 is 5.32 Å². The van der Waals surface area contributed by atoms with E-state index in [0.29, 0.717) is 17.8 Å². The standard InChI is InChI=1S/C14H17BrN2O2/c1-14(2,3)19-13(18)6-7-17-12-5-4-11(15)8-10(12)9-16/h4-5,8,17H,6-7H2,1-3H3. The van der Waals surface area contributed by atoms with E-state index in [1.807, 2.05) is 26.8 Å². The molecule has 0 fully saturated rings. The molecule has 0 bridgehead atoms. The summed E-state index contributed by atoms with van der Waals surface area (Å²) in [6.07, 6.45) is 0.262. The van der Waals surface area contributed by atoms with Crippen LogP contribution in [0.1, 0.15) is 32.8 Å². The summed E-state index contributed by atoms with van der Waals surface area (Å²) in [4.78, 5) is 11.5. The van der Waals surface area contributed by atoms with Gasteiger partial charge in [0.25, 0.3) is 0 Å². The minimum Gasteiger partial charge on any atom is -0.460 e. The van der Waals surface area contributed by atoms with Crippen LogP contribution in [0, 0.1) is 11.3 Å². The second kappa shape index (κ2) is 6.58. The van der Waals surface area contributed by atoms with Gasteiger partial charge in [0.2, 0.25) is 0 Å². The van der Waals surface area contributed by atoms with Gasteiger partial charge in [-0.2, -0.15) is 5.26 Å². The molecule has 4 nitrogen and oxygen atoms in total. The average Bonchev–Trinajstić information content (AvgIpc) is 2.28. The zero-order chi connectivity index (χ0) is 14.5. The monoisotopic (exact) mass is 324 g/mol. The van der Waals surface area contributed by atoms with Gasteiger partial charge < -0.3 is 10.1 Å². The summed E-state index contributed by atoms with van der Waals surface area (Å²) < 4.78 is 6.05. The molecule has 102 valence electrons. The summed E-state index contributed by atoms with van der Waals surface area (Å²) in [6.45, 7) is 5.94. The first-order chi connectivity index (χ1) is 8.81. The van der Waals surface area contributed by atoms with Crippen LogP contribution in [0.25, 0.3) is 0 Å². The van der Waals surface area contributed by atoms with Gasteiger partial charge in [-0.05, 0) is 39.0 Å². The van der Waals surface area contributed by atoms with Gasteiger partial charge in [-0.3, -0.25) is 4.79 Å². The lowest BCUT2D eigenvalue weighted by Gasteiger charge is -2.19. The number of rotatable bonds is 4. The summed E-state index contributed by atoms with van der Waals surface area (Å²) in [5, 5.41) is 12.1. The van der Waals surface area contributed by atoms with Crippen LogP contribution in [-0.4, -0.2) is 18.1 Å². The number of hydrogen-bond acceptors (Lipinski definition) is 4. The number of esters is 1. The first-order valence-corrected chi connectivity index (χ1v) is 6.76. The minimum absolute atomic E-state index is 0.254. The molecule has 1 rings (SSSR count). The van der Waals surface area contributed by atoms with Crippen LogP contribution in [0.2, 0.25) is 0 Å². The first-order valence-electron chi connectivity index (χ1n) is 5.97. The van der Waals surface area contributed by atoms with Crippen molar-refractivity contribution >= 4 is 27.6 Å². The lowest BCUT2D eigenvalue weighted by Crippen LogP contribution is -2.25. The lowest BCUT2D eigenvalue weighted by molar-refractivity contribution is -0.154. The molecular weight excluding hydrogens is 308 g/mol. The van der Waals surface area contributed by atoms with Crippen LogP contribution in [0.5, 0.6) is 0 Å². The van der Waals surface area contributed by atoms with E-state index in [0.717, 1.165) is 4.47 Å². The molecule has 0 aliphatic heterocycles. The number of carbonyl (C=O) groups excluding carboxylic acids is 1. The predicted molar refractivity (Wildman–Crippen MR) is 77.8 cm³/mol. The molecular formula is C14H17BrN2O2. The molecule has 0 atom stereocenters. The number of benzene rings is 1. The van der Waals surface area contributed by atoms with Crippen LogP contribution in [0.4, 0.5) is 5.69 Å². The number of carbonyl (C=O) groups is 1. The summed E-state index contributed by atoms with van der Waals surface area (Å²) in [5.41, 5.74) is 0.791. The maximum Gasteiger partial charge on any atom is 0.308 e. The largest absolute Gasteiger partial charge is 0.460 e. The lowest BCUT2D eigenvalue weighted by atomic mass is 10.2. The normalized spacial score (nSPS) is 10.7. The Balaban J connectivity index is 2.50. The second-order valence-corrected chi connectivity index (χ2v) is 5.98. The molecule has 0 radical (unpaired) electrons. The first kappa shape index (κ1) is 15.5. The van der Waals surface area contributed by atoms with E-state index in [1.165, 1.54) is 0 Å². The smallest absolute Gasteiger partial charge is 0.308 e. The molecule has 1 aromatic carbocycles. The third kappa shape index (κ3) is 5.75. The molecule has 19 heavy (non-hydrogen) atoms. The van der Waals surface area contributed by atoms with Crippen molar-refractivity contribution in [2.45, 2.75) is 32.8 Å². The topological polar surface area (TPSA) is 62.1 Å². The minimum atomic E-state index is -0.466. The third-order valence-electron chi connectivity index (χ3n) is 2.17. The van der Waals surface area contributed by atoms with Crippen LogP contribution >= 0.6 is 15.9 Å². The zero-order valence-corrected chi connectivity index (χ0v) is 12.9. The summed E-state index contributed by atoms with van der Waals surface area (Å²) in [6, 6.07) is 7.48. The average molecular weight is 325 g/mol. The molecule has 0 aromatic heterocycles. The third-order valence-corrected chi connectivity index (χ3v) is 2.66. The Hall–Kier alpha value is -1.54. The van der Waals surface area contributed by atoms with Crippen LogP contribution in [0.15, 0.2) is 22.7 Å². The van der Waals surface area contributed by atoms with E-state index in [9.17, 15) is 4.79 Å². The molecule has 1 aromatic rings. The van der Waals surface area contributed by atoms with Gasteiger partial charge in [-0.1, -0.05) is 15.9 Å². The maximum atomic E-state index is 11.5. The number of nitrogens with one attached hydrogen (secondary N) is 1. The summed E-state index contributed by atoms with van der Waals surface area (Å²) in [7, 11) is 0. The van der Waals surface area contributed by atoms with Gasteiger partial charge in [0.15, 0.2) is 0 Å². The quantitative estimate of drug-likeness (QED) is 0.861. The van der Waals surface area contributed by atoms with Gasteiger partial charge in [0, 0.05) is 11.0 Å². The summed E-state index contributed by atoms with van der Waals surface area (Å²) in [5.74, 6) is -0.254. The molecule has 5 heteroatoms. The van der Waals surface area contributed by atoms with E-state index in [4.69, 9.17) is 10.00 Å². The van der Waals surface area contributed by atoms with E-state index in [-0.39, 0.29) is 12.4 Å². The SMILES string of the molecule is CC(C)(C)OC(=O)CCNc1ccc(Br)cc1C#N. The Kier molecular flexibility index (Phi) is 5.37. The Morgan fingerprint density at radius 3 is 2.74 bits per heavy atom. The molecule has 1 N–H and O–H groups in total. The fourth-order valence-corrected chi connectivity index (χ4v) is 1.82. The summed E-state index contributed by atoms with van der Waals surface area (Å²) >= 11 is 3.31. The second-order valence-electron chi connectivity index (χ2n) is 5.06. The van der Waals surface area contributed by atoms with Crippen molar-refractivity contribution < 1.29 is 9.53 Å².